The van der Waals surface area contributed by atoms with Crippen molar-refractivity contribution < 1.29 is 4.92 Å². The lowest BCUT2D eigenvalue weighted by Crippen LogP contribution is -2.43. The van der Waals surface area contributed by atoms with Crippen LogP contribution in [0, 0.1) is 16.0 Å². The van der Waals surface area contributed by atoms with Crippen LogP contribution in [0.1, 0.15) is 26.7 Å². The first-order chi connectivity index (χ1) is 11.1. The van der Waals surface area contributed by atoms with E-state index in [-0.39, 0.29) is 10.7 Å². The van der Waals surface area contributed by atoms with Gasteiger partial charge < -0.3 is 15.4 Å². The highest BCUT2D eigenvalue weighted by Crippen LogP contribution is 2.25. The second-order valence-electron chi connectivity index (χ2n) is 6.44. The maximum atomic E-state index is 11.4. The molecule has 3 heterocycles. The molecule has 124 valence electrons. The van der Waals surface area contributed by atoms with Crippen LogP contribution in [0.2, 0.25) is 0 Å². The number of piperidine rings is 1. The minimum absolute atomic E-state index is 0.000174. The third-order valence-electron chi connectivity index (χ3n) is 4.55. The van der Waals surface area contributed by atoms with E-state index in [0.717, 1.165) is 19.0 Å². The Balaban J connectivity index is 1.74. The van der Waals surface area contributed by atoms with Crippen LogP contribution in [-0.2, 0) is 0 Å². The molecular formula is C16H23N5O2. The average molecular weight is 317 g/mol. The van der Waals surface area contributed by atoms with Gasteiger partial charge in [-0.1, -0.05) is 13.0 Å². The number of nitrogens with one attached hydrogen (secondary N) is 1. The molecular weight excluding hydrogens is 294 g/mol. The van der Waals surface area contributed by atoms with Gasteiger partial charge in [-0.05, 0) is 43.2 Å². The normalized spacial score (nSPS) is 20.5. The molecule has 0 aromatic carbocycles. The highest BCUT2D eigenvalue weighted by Gasteiger charge is 2.24. The Morgan fingerprint density at radius 1 is 1.52 bits per heavy atom. The van der Waals surface area contributed by atoms with Gasteiger partial charge in [-0.15, -0.1) is 0 Å². The number of pyridine rings is 1. The van der Waals surface area contributed by atoms with E-state index in [1.807, 2.05) is 6.07 Å². The van der Waals surface area contributed by atoms with Crippen molar-refractivity contribution in [2.45, 2.75) is 32.7 Å². The van der Waals surface area contributed by atoms with Gasteiger partial charge in [0.25, 0.3) is 0 Å². The summed E-state index contributed by atoms with van der Waals surface area (Å²) in [5.41, 5.74) is 0.584. The van der Waals surface area contributed by atoms with Crippen molar-refractivity contribution in [2.24, 2.45) is 5.92 Å². The minimum Gasteiger partial charge on any atom is -0.361 e. The largest absolute Gasteiger partial charge is 0.372 e. The van der Waals surface area contributed by atoms with E-state index in [1.165, 1.54) is 17.2 Å². The van der Waals surface area contributed by atoms with Crippen LogP contribution >= 0.6 is 0 Å². The summed E-state index contributed by atoms with van der Waals surface area (Å²) in [4.78, 5) is 17.8. The van der Waals surface area contributed by atoms with Gasteiger partial charge >= 0.3 is 5.82 Å². The molecule has 0 bridgehead atoms. The summed E-state index contributed by atoms with van der Waals surface area (Å²) in [5, 5.41) is 14.6. The monoisotopic (exact) mass is 317 g/mol. The average Bonchev–Trinajstić information content (AvgIpc) is 2.91. The lowest BCUT2D eigenvalue weighted by Gasteiger charge is -2.35. The fourth-order valence-electron chi connectivity index (χ4n) is 3.28. The molecule has 0 saturated carbocycles. The van der Waals surface area contributed by atoms with E-state index in [2.05, 4.69) is 29.0 Å². The molecule has 0 amide bonds. The molecule has 7 nitrogen and oxygen atoms in total. The van der Waals surface area contributed by atoms with E-state index in [0.29, 0.717) is 24.1 Å². The van der Waals surface area contributed by atoms with Crippen LogP contribution < -0.4 is 5.32 Å². The minimum atomic E-state index is -0.379. The molecule has 2 unspecified atom stereocenters. The zero-order valence-electron chi connectivity index (χ0n) is 13.6. The molecule has 3 rings (SSSR count). The lowest BCUT2D eigenvalue weighted by molar-refractivity contribution is -0.389. The summed E-state index contributed by atoms with van der Waals surface area (Å²) in [7, 11) is 0. The van der Waals surface area contributed by atoms with Crippen molar-refractivity contribution in [2.75, 3.05) is 25.0 Å². The molecule has 1 saturated heterocycles. The Morgan fingerprint density at radius 2 is 2.35 bits per heavy atom. The maximum absolute atomic E-state index is 11.4. The van der Waals surface area contributed by atoms with Crippen molar-refractivity contribution in [3.63, 3.8) is 0 Å². The molecule has 2 atom stereocenters. The highest BCUT2D eigenvalue weighted by atomic mass is 16.6. The number of fused-ring (bicyclic) bond motifs is 1. The van der Waals surface area contributed by atoms with Crippen LogP contribution in [0.5, 0.6) is 0 Å². The van der Waals surface area contributed by atoms with Crippen molar-refractivity contribution in [1.82, 2.24) is 14.3 Å². The Morgan fingerprint density at radius 3 is 3.09 bits per heavy atom. The number of nitrogens with zero attached hydrogens (tertiary/aromatic N) is 4. The molecule has 1 aliphatic rings. The van der Waals surface area contributed by atoms with Gasteiger partial charge in [0.05, 0.1) is 6.20 Å². The number of rotatable bonds is 5. The Hall–Kier alpha value is -2.15. The molecule has 0 spiro atoms. The van der Waals surface area contributed by atoms with Gasteiger partial charge in [-0.2, -0.15) is 9.38 Å². The van der Waals surface area contributed by atoms with Gasteiger partial charge in [-0.3, -0.25) is 4.90 Å². The summed E-state index contributed by atoms with van der Waals surface area (Å²) in [6, 6.07) is 5.69. The van der Waals surface area contributed by atoms with Crippen LogP contribution in [0.4, 0.5) is 11.6 Å². The van der Waals surface area contributed by atoms with E-state index in [9.17, 15) is 10.1 Å². The fraction of sp³-hybridized carbons (Fsp3) is 0.562. The van der Waals surface area contributed by atoms with Crippen LogP contribution in [0.25, 0.3) is 5.65 Å². The SMILES string of the molecule is CC1CCCN(C(C)CNc2nc3ccccn3c2[N+](=O)[O-])C1. The molecule has 2 aromatic heterocycles. The summed E-state index contributed by atoms with van der Waals surface area (Å²) in [5.74, 6) is 1.06. The van der Waals surface area contributed by atoms with Crippen LogP contribution in [0.3, 0.4) is 0 Å². The van der Waals surface area contributed by atoms with E-state index >= 15 is 0 Å². The smallest absolute Gasteiger partial charge is 0.361 e. The molecule has 1 N–H and O–H groups in total. The Bertz CT molecular complexity index is 699. The number of hydrogen-bond donors (Lipinski definition) is 1. The first kappa shape index (κ1) is 15.7. The van der Waals surface area contributed by atoms with Crippen molar-refractivity contribution in [1.29, 1.82) is 0 Å². The van der Waals surface area contributed by atoms with Crippen molar-refractivity contribution in [3.8, 4) is 0 Å². The molecule has 2 aromatic rings. The molecule has 1 aliphatic heterocycles. The summed E-state index contributed by atoms with van der Waals surface area (Å²) < 4.78 is 1.51. The fourth-order valence-corrected chi connectivity index (χ4v) is 3.28. The zero-order chi connectivity index (χ0) is 16.4. The Labute approximate surface area is 135 Å². The quantitative estimate of drug-likeness (QED) is 0.678. The summed E-state index contributed by atoms with van der Waals surface area (Å²) >= 11 is 0. The third kappa shape index (κ3) is 3.29. The van der Waals surface area contributed by atoms with Crippen LogP contribution in [-0.4, -0.2) is 44.9 Å². The lowest BCUT2D eigenvalue weighted by atomic mass is 9.99. The second kappa shape index (κ2) is 6.54. The predicted octanol–water partition coefficient (Wildman–Crippen LogP) is 2.77. The maximum Gasteiger partial charge on any atom is 0.372 e. The second-order valence-corrected chi connectivity index (χ2v) is 6.44. The number of anilines is 1. The van der Waals surface area contributed by atoms with E-state index < -0.39 is 0 Å². The zero-order valence-corrected chi connectivity index (χ0v) is 13.6. The van der Waals surface area contributed by atoms with E-state index in [4.69, 9.17) is 0 Å². The highest BCUT2D eigenvalue weighted by molar-refractivity contribution is 5.62. The standard InChI is InChI=1S/C16H23N5O2/c1-12-6-5-8-19(11-12)13(2)10-17-15-16(21(22)23)20-9-4-3-7-14(20)18-15/h3-4,7,9,12-13,17H,5-6,8,10-11H2,1-2H3. The van der Waals surface area contributed by atoms with Crippen molar-refractivity contribution >= 4 is 17.3 Å². The topological polar surface area (TPSA) is 75.7 Å². The van der Waals surface area contributed by atoms with Crippen molar-refractivity contribution in [3.05, 3.63) is 34.5 Å². The van der Waals surface area contributed by atoms with Gasteiger partial charge in [0, 0.05) is 25.2 Å². The first-order valence-electron chi connectivity index (χ1n) is 8.15. The Kier molecular flexibility index (Phi) is 4.47. The third-order valence-corrected chi connectivity index (χ3v) is 4.55. The molecule has 0 aliphatic carbocycles. The first-order valence-corrected chi connectivity index (χ1v) is 8.15. The molecule has 23 heavy (non-hydrogen) atoms. The number of hydrogen-bond acceptors (Lipinski definition) is 5. The number of imidazole rings is 1. The summed E-state index contributed by atoms with van der Waals surface area (Å²) in [6.45, 7) is 7.28. The number of aromatic nitrogens is 2. The molecule has 7 heteroatoms. The van der Waals surface area contributed by atoms with Crippen LogP contribution in [0.15, 0.2) is 24.4 Å². The van der Waals surface area contributed by atoms with Gasteiger partial charge in [-0.25, -0.2) is 0 Å². The van der Waals surface area contributed by atoms with Gasteiger partial charge in [0.15, 0.2) is 0 Å². The van der Waals surface area contributed by atoms with Gasteiger partial charge in [0.2, 0.25) is 11.5 Å². The number of likely N-dealkylation sites (tertiary alicyclic amines) is 1. The summed E-state index contributed by atoms with van der Waals surface area (Å²) in [6.07, 6.45) is 4.18. The predicted molar refractivity (Wildman–Crippen MR) is 89.8 cm³/mol. The van der Waals surface area contributed by atoms with E-state index in [1.54, 1.807) is 18.3 Å². The molecule has 1 fully saturated rings. The van der Waals surface area contributed by atoms with Gasteiger partial charge in [0.1, 0.15) is 0 Å². The number of nitro groups is 1. The molecule has 0 radical (unpaired) electrons.